The van der Waals surface area contributed by atoms with E-state index < -0.39 is 5.97 Å². The fraction of sp³-hybridized carbons (Fsp3) is 0.133. The summed E-state index contributed by atoms with van der Waals surface area (Å²) in [7, 11) is 0. The van der Waals surface area contributed by atoms with E-state index in [-0.39, 0.29) is 17.9 Å². The standard InChI is InChI=1S/C15H13Cl2NO3/c1-2-20-15(19)10-4-3-5-12(14(10)18)21-13-8-9(16)6-7-11(13)17/h3-8H,2,18H2,1H3. The monoisotopic (exact) mass is 325 g/mol. The van der Waals surface area contributed by atoms with Crippen molar-refractivity contribution < 1.29 is 14.3 Å². The van der Waals surface area contributed by atoms with E-state index in [1.165, 1.54) is 0 Å². The number of halogens is 2. The zero-order chi connectivity index (χ0) is 15.4. The molecule has 0 radical (unpaired) electrons. The van der Waals surface area contributed by atoms with Crippen molar-refractivity contribution in [2.45, 2.75) is 6.92 Å². The molecule has 6 heteroatoms. The number of nitrogen functional groups attached to an aromatic ring is 1. The summed E-state index contributed by atoms with van der Waals surface area (Å²) >= 11 is 11.9. The third-order valence-corrected chi connectivity index (χ3v) is 3.22. The highest BCUT2D eigenvalue weighted by atomic mass is 35.5. The maximum absolute atomic E-state index is 11.8. The van der Waals surface area contributed by atoms with Crippen molar-refractivity contribution in [3.63, 3.8) is 0 Å². The number of ether oxygens (including phenoxy) is 2. The molecule has 21 heavy (non-hydrogen) atoms. The van der Waals surface area contributed by atoms with Crippen molar-refractivity contribution in [3.05, 3.63) is 52.0 Å². The van der Waals surface area contributed by atoms with E-state index in [4.69, 9.17) is 38.4 Å². The summed E-state index contributed by atoms with van der Waals surface area (Å²) in [5.41, 5.74) is 6.38. The zero-order valence-electron chi connectivity index (χ0n) is 11.2. The number of anilines is 1. The number of carbonyl (C=O) groups excluding carboxylic acids is 1. The minimum absolute atomic E-state index is 0.187. The predicted molar refractivity (Wildman–Crippen MR) is 83.3 cm³/mol. The summed E-state index contributed by atoms with van der Waals surface area (Å²) < 4.78 is 10.6. The number of benzene rings is 2. The van der Waals surface area contributed by atoms with Crippen molar-refractivity contribution in [1.82, 2.24) is 0 Å². The van der Waals surface area contributed by atoms with Crippen LogP contribution in [0.5, 0.6) is 11.5 Å². The summed E-state index contributed by atoms with van der Waals surface area (Å²) in [6.45, 7) is 1.99. The van der Waals surface area contributed by atoms with Gasteiger partial charge in [0.1, 0.15) is 5.75 Å². The van der Waals surface area contributed by atoms with Gasteiger partial charge in [-0.25, -0.2) is 4.79 Å². The van der Waals surface area contributed by atoms with Crippen LogP contribution in [0.4, 0.5) is 5.69 Å². The fourth-order valence-electron chi connectivity index (χ4n) is 1.69. The van der Waals surface area contributed by atoms with Crippen LogP contribution in [0.2, 0.25) is 10.0 Å². The molecule has 0 atom stereocenters. The van der Waals surface area contributed by atoms with Crippen LogP contribution >= 0.6 is 23.2 Å². The van der Waals surface area contributed by atoms with Gasteiger partial charge in [0, 0.05) is 11.1 Å². The van der Waals surface area contributed by atoms with Crippen molar-refractivity contribution in [1.29, 1.82) is 0 Å². The highest BCUT2D eigenvalue weighted by Gasteiger charge is 2.15. The first-order chi connectivity index (χ1) is 10.0. The second-order valence-corrected chi connectivity index (χ2v) is 4.96. The van der Waals surface area contributed by atoms with E-state index in [2.05, 4.69) is 0 Å². The van der Waals surface area contributed by atoms with Crippen molar-refractivity contribution in [3.8, 4) is 11.5 Å². The van der Waals surface area contributed by atoms with Gasteiger partial charge >= 0.3 is 5.97 Å². The Kier molecular flexibility index (Phi) is 4.94. The fourth-order valence-corrected chi connectivity index (χ4v) is 2.01. The molecule has 2 aromatic carbocycles. The molecule has 0 aliphatic carbocycles. The second-order valence-electron chi connectivity index (χ2n) is 4.11. The molecule has 0 saturated carbocycles. The van der Waals surface area contributed by atoms with Gasteiger partial charge in [-0.3, -0.25) is 0 Å². The Morgan fingerprint density at radius 1 is 1.19 bits per heavy atom. The van der Waals surface area contributed by atoms with E-state index in [0.29, 0.717) is 21.5 Å². The Hall–Kier alpha value is -1.91. The lowest BCUT2D eigenvalue weighted by atomic mass is 10.1. The van der Waals surface area contributed by atoms with Gasteiger partial charge in [-0.15, -0.1) is 0 Å². The first-order valence-electron chi connectivity index (χ1n) is 6.21. The van der Waals surface area contributed by atoms with Crippen LogP contribution in [0.3, 0.4) is 0 Å². The van der Waals surface area contributed by atoms with E-state index in [1.807, 2.05) is 0 Å². The van der Waals surface area contributed by atoms with E-state index >= 15 is 0 Å². The number of hydrogen-bond acceptors (Lipinski definition) is 4. The van der Waals surface area contributed by atoms with Crippen LogP contribution in [0.25, 0.3) is 0 Å². The van der Waals surface area contributed by atoms with Crippen molar-refractivity contribution in [2.75, 3.05) is 12.3 Å². The SMILES string of the molecule is CCOC(=O)c1cccc(Oc2cc(Cl)ccc2Cl)c1N. The van der Waals surface area contributed by atoms with Gasteiger partial charge < -0.3 is 15.2 Å². The maximum atomic E-state index is 11.8. The molecule has 2 aromatic rings. The molecule has 2 rings (SSSR count). The third kappa shape index (κ3) is 3.60. The molecule has 0 bridgehead atoms. The van der Waals surface area contributed by atoms with Crippen LogP contribution in [0.15, 0.2) is 36.4 Å². The van der Waals surface area contributed by atoms with Crippen LogP contribution in [0.1, 0.15) is 17.3 Å². The smallest absolute Gasteiger partial charge is 0.340 e. The Labute approximate surface area is 132 Å². The lowest BCUT2D eigenvalue weighted by Crippen LogP contribution is -2.08. The van der Waals surface area contributed by atoms with Gasteiger partial charge in [-0.05, 0) is 31.2 Å². The van der Waals surface area contributed by atoms with Gasteiger partial charge in [0.2, 0.25) is 0 Å². The van der Waals surface area contributed by atoms with Crippen LogP contribution in [0, 0.1) is 0 Å². The quantitative estimate of drug-likeness (QED) is 0.662. The summed E-state index contributed by atoms with van der Waals surface area (Å²) in [5, 5.41) is 0.870. The topological polar surface area (TPSA) is 61.5 Å². The molecule has 0 fully saturated rings. The number of hydrogen-bond donors (Lipinski definition) is 1. The molecule has 0 aromatic heterocycles. The van der Waals surface area contributed by atoms with Gasteiger partial charge in [-0.1, -0.05) is 29.3 Å². The summed E-state index contributed by atoms with van der Waals surface area (Å²) in [6.07, 6.45) is 0. The molecule has 0 spiro atoms. The van der Waals surface area contributed by atoms with Crippen LogP contribution in [-0.2, 0) is 4.74 Å². The van der Waals surface area contributed by atoms with E-state index in [1.54, 1.807) is 43.3 Å². The molecule has 2 N–H and O–H groups in total. The van der Waals surface area contributed by atoms with Crippen molar-refractivity contribution in [2.24, 2.45) is 0 Å². The molecule has 0 heterocycles. The molecule has 0 saturated heterocycles. The lowest BCUT2D eigenvalue weighted by molar-refractivity contribution is 0.0527. The normalized spacial score (nSPS) is 10.2. The molecule has 4 nitrogen and oxygen atoms in total. The maximum Gasteiger partial charge on any atom is 0.340 e. The molecule has 110 valence electrons. The number of nitrogens with two attached hydrogens (primary N) is 1. The van der Waals surface area contributed by atoms with E-state index in [9.17, 15) is 4.79 Å². The molecular weight excluding hydrogens is 313 g/mol. The minimum Gasteiger partial charge on any atom is -0.462 e. The number of esters is 1. The lowest BCUT2D eigenvalue weighted by Gasteiger charge is -2.12. The first kappa shape index (κ1) is 15.5. The third-order valence-electron chi connectivity index (χ3n) is 2.67. The molecule has 0 amide bonds. The molecule has 0 aliphatic heterocycles. The highest BCUT2D eigenvalue weighted by Crippen LogP contribution is 2.35. The summed E-state index contributed by atoms with van der Waals surface area (Å²) in [5.74, 6) is 0.166. The Morgan fingerprint density at radius 3 is 2.67 bits per heavy atom. The minimum atomic E-state index is -0.502. The average molecular weight is 326 g/mol. The van der Waals surface area contributed by atoms with Gasteiger partial charge in [0.25, 0.3) is 0 Å². The van der Waals surface area contributed by atoms with Gasteiger partial charge in [-0.2, -0.15) is 0 Å². The van der Waals surface area contributed by atoms with Crippen LogP contribution in [-0.4, -0.2) is 12.6 Å². The summed E-state index contributed by atoms with van der Waals surface area (Å²) in [6, 6.07) is 9.69. The van der Waals surface area contributed by atoms with Crippen LogP contribution < -0.4 is 10.5 Å². The Balaban J connectivity index is 2.35. The van der Waals surface area contributed by atoms with Crippen molar-refractivity contribution >= 4 is 34.9 Å². The molecular formula is C15H13Cl2NO3. The Morgan fingerprint density at radius 2 is 1.95 bits per heavy atom. The predicted octanol–water partition coefficient (Wildman–Crippen LogP) is 4.54. The number of carbonyl (C=O) groups is 1. The molecule has 0 aliphatic rings. The highest BCUT2D eigenvalue weighted by molar-refractivity contribution is 6.34. The average Bonchev–Trinajstić information content (AvgIpc) is 2.45. The number of rotatable bonds is 4. The van der Waals surface area contributed by atoms with Gasteiger partial charge in [0.15, 0.2) is 5.75 Å². The largest absolute Gasteiger partial charge is 0.462 e. The number of para-hydroxylation sites is 1. The Bertz CT molecular complexity index is 674. The zero-order valence-corrected chi connectivity index (χ0v) is 12.7. The summed E-state index contributed by atoms with van der Waals surface area (Å²) in [4.78, 5) is 11.8. The molecule has 0 unspecified atom stereocenters. The second kappa shape index (κ2) is 6.70. The first-order valence-corrected chi connectivity index (χ1v) is 6.97. The van der Waals surface area contributed by atoms with E-state index in [0.717, 1.165) is 0 Å². The van der Waals surface area contributed by atoms with Gasteiger partial charge in [0.05, 0.1) is 22.9 Å².